The van der Waals surface area contributed by atoms with Gasteiger partial charge in [-0.1, -0.05) is 12.1 Å². The van der Waals surface area contributed by atoms with Crippen LogP contribution in [-0.4, -0.2) is 55.3 Å². The lowest BCUT2D eigenvalue weighted by Gasteiger charge is -2.30. The molecule has 0 bridgehead atoms. The third-order valence-electron chi connectivity index (χ3n) is 3.14. The molecule has 2 N–H and O–H groups in total. The van der Waals surface area contributed by atoms with Crippen molar-refractivity contribution in [1.82, 2.24) is 10.2 Å². The lowest BCUT2D eigenvalue weighted by atomic mass is 10.1. The Morgan fingerprint density at radius 2 is 2.42 bits per heavy atom. The van der Waals surface area contributed by atoms with E-state index in [2.05, 4.69) is 10.2 Å². The number of likely N-dealkylation sites (N-methyl/N-ethyl adjacent to an activating group) is 1. The van der Waals surface area contributed by atoms with Gasteiger partial charge in [-0.05, 0) is 24.7 Å². The minimum absolute atomic E-state index is 0.0533. The van der Waals surface area contributed by atoms with Crippen LogP contribution in [0.15, 0.2) is 24.3 Å². The van der Waals surface area contributed by atoms with E-state index in [0.717, 1.165) is 18.7 Å². The van der Waals surface area contributed by atoms with Crippen LogP contribution in [-0.2, 0) is 16.0 Å². The van der Waals surface area contributed by atoms with Gasteiger partial charge in [0.15, 0.2) is 0 Å². The predicted octanol–water partition coefficient (Wildman–Crippen LogP) is 0.382. The fraction of sp³-hybridized carbons (Fsp3) is 0.500. The van der Waals surface area contributed by atoms with Gasteiger partial charge in [0.1, 0.15) is 5.75 Å². The quantitative estimate of drug-likeness (QED) is 0.825. The Balaban J connectivity index is 1.75. The number of nitrogens with zero attached hydrogens (tertiary/aromatic N) is 1. The average molecular weight is 264 g/mol. The van der Waals surface area contributed by atoms with Gasteiger partial charge in [-0.2, -0.15) is 0 Å². The van der Waals surface area contributed by atoms with Crippen molar-refractivity contribution in [2.45, 2.75) is 12.5 Å². The van der Waals surface area contributed by atoms with Crippen LogP contribution in [0.3, 0.4) is 0 Å². The standard InChI is InChI=1S/C14H20N2O3/c1-16-5-6-19-13(10-16)9-15-14(18)8-11-3-2-4-12(17)7-11/h2-4,7,13,17H,5-6,8-10H2,1H3,(H,15,18). The molecule has 1 amide bonds. The maximum absolute atomic E-state index is 11.8. The van der Waals surface area contributed by atoms with Crippen LogP contribution < -0.4 is 5.32 Å². The Morgan fingerprint density at radius 3 is 3.16 bits per heavy atom. The predicted molar refractivity (Wildman–Crippen MR) is 72.1 cm³/mol. The number of hydrogen-bond acceptors (Lipinski definition) is 4. The van der Waals surface area contributed by atoms with Crippen molar-refractivity contribution >= 4 is 5.91 Å². The minimum atomic E-state index is -0.0533. The molecular weight excluding hydrogens is 244 g/mol. The minimum Gasteiger partial charge on any atom is -0.508 e. The average Bonchev–Trinajstić information content (AvgIpc) is 2.36. The summed E-state index contributed by atoms with van der Waals surface area (Å²) in [6, 6.07) is 6.75. The van der Waals surface area contributed by atoms with E-state index in [4.69, 9.17) is 4.74 Å². The van der Waals surface area contributed by atoms with E-state index in [1.54, 1.807) is 18.2 Å². The summed E-state index contributed by atoms with van der Waals surface area (Å²) < 4.78 is 5.57. The van der Waals surface area contributed by atoms with Crippen molar-refractivity contribution in [3.63, 3.8) is 0 Å². The molecule has 1 saturated heterocycles. The number of aromatic hydroxyl groups is 1. The smallest absolute Gasteiger partial charge is 0.224 e. The third kappa shape index (κ3) is 4.54. The summed E-state index contributed by atoms with van der Waals surface area (Å²) in [4.78, 5) is 14.0. The molecule has 0 aliphatic carbocycles. The van der Waals surface area contributed by atoms with Crippen molar-refractivity contribution < 1.29 is 14.6 Å². The highest BCUT2D eigenvalue weighted by Gasteiger charge is 2.18. The molecule has 19 heavy (non-hydrogen) atoms. The number of ether oxygens (including phenoxy) is 1. The van der Waals surface area contributed by atoms with Crippen LogP contribution in [0.2, 0.25) is 0 Å². The number of phenols is 1. The van der Waals surface area contributed by atoms with Crippen molar-refractivity contribution in [2.75, 3.05) is 33.3 Å². The fourth-order valence-electron chi connectivity index (χ4n) is 2.13. The highest BCUT2D eigenvalue weighted by atomic mass is 16.5. The summed E-state index contributed by atoms with van der Waals surface area (Å²) in [7, 11) is 2.05. The monoisotopic (exact) mass is 264 g/mol. The van der Waals surface area contributed by atoms with Crippen LogP contribution in [0.25, 0.3) is 0 Å². The van der Waals surface area contributed by atoms with Crippen LogP contribution in [0.5, 0.6) is 5.75 Å². The summed E-state index contributed by atoms with van der Waals surface area (Å²) in [5.41, 5.74) is 0.805. The number of rotatable bonds is 4. The number of carbonyl (C=O) groups is 1. The second-order valence-electron chi connectivity index (χ2n) is 4.91. The van der Waals surface area contributed by atoms with Gasteiger partial charge < -0.3 is 20.1 Å². The normalized spacial score (nSPS) is 20.2. The van der Waals surface area contributed by atoms with Gasteiger partial charge in [-0.3, -0.25) is 4.79 Å². The van der Waals surface area contributed by atoms with Gasteiger partial charge in [0.05, 0.1) is 19.1 Å². The van der Waals surface area contributed by atoms with Crippen molar-refractivity contribution in [2.24, 2.45) is 0 Å². The number of carbonyl (C=O) groups excluding carboxylic acids is 1. The summed E-state index contributed by atoms with van der Waals surface area (Å²) in [6.07, 6.45) is 0.337. The Bertz CT molecular complexity index is 436. The first-order valence-electron chi connectivity index (χ1n) is 6.48. The fourth-order valence-corrected chi connectivity index (χ4v) is 2.13. The van der Waals surface area contributed by atoms with E-state index in [0.29, 0.717) is 13.2 Å². The maximum atomic E-state index is 11.8. The molecule has 1 unspecified atom stereocenters. The van der Waals surface area contributed by atoms with Crippen molar-refractivity contribution in [3.8, 4) is 5.75 Å². The summed E-state index contributed by atoms with van der Waals surface area (Å²) in [5, 5.41) is 12.2. The highest BCUT2D eigenvalue weighted by molar-refractivity contribution is 5.78. The molecule has 1 aliphatic heterocycles. The van der Waals surface area contributed by atoms with E-state index in [1.165, 1.54) is 0 Å². The molecule has 0 saturated carbocycles. The first-order chi connectivity index (χ1) is 9.13. The topological polar surface area (TPSA) is 61.8 Å². The van der Waals surface area contributed by atoms with Gasteiger partial charge in [0.2, 0.25) is 5.91 Å². The molecule has 5 heteroatoms. The first kappa shape index (κ1) is 13.8. The molecule has 1 aromatic carbocycles. The molecule has 0 radical (unpaired) electrons. The highest BCUT2D eigenvalue weighted by Crippen LogP contribution is 2.11. The molecule has 104 valence electrons. The van der Waals surface area contributed by atoms with Gasteiger partial charge in [0, 0.05) is 19.6 Å². The van der Waals surface area contributed by atoms with E-state index in [-0.39, 0.29) is 24.2 Å². The lowest BCUT2D eigenvalue weighted by Crippen LogP contribution is -2.46. The Morgan fingerprint density at radius 1 is 1.58 bits per heavy atom. The lowest BCUT2D eigenvalue weighted by molar-refractivity contribution is -0.121. The molecule has 1 aromatic rings. The molecule has 1 atom stereocenters. The largest absolute Gasteiger partial charge is 0.508 e. The molecule has 2 rings (SSSR count). The molecule has 0 aromatic heterocycles. The Labute approximate surface area is 113 Å². The van der Waals surface area contributed by atoms with Crippen molar-refractivity contribution in [3.05, 3.63) is 29.8 Å². The van der Waals surface area contributed by atoms with Crippen LogP contribution >= 0.6 is 0 Å². The number of hydrogen-bond donors (Lipinski definition) is 2. The second kappa shape index (κ2) is 6.54. The van der Waals surface area contributed by atoms with E-state index >= 15 is 0 Å². The zero-order valence-corrected chi connectivity index (χ0v) is 11.1. The van der Waals surface area contributed by atoms with Crippen LogP contribution in [0.4, 0.5) is 0 Å². The summed E-state index contributed by atoms with van der Waals surface area (Å²) in [5.74, 6) is 0.130. The molecule has 1 aliphatic rings. The van der Waals surface area contributed by atoms with Gasteiger partial charge in [-0.15, -0.1) is 0 Å². The zero-order chi connectivity index (χ0) is 13.7. The number of benzene rings is 1. The summed E-state index contributed by atoms with van der Waals surface area (Å²) >= 11 is 0. The van der Waals surface area contributed by atoms with Gasteiger partial charge in [0.25, 0.3) is 0 Å². The zero-order valence-electron chi connectivity index (χ0n) is 11.1. The van der Waals surface area contributed by atoms with Crippen LogP contribution in [0.1, 0.15) is 5.56 Å². The number of phenolic OH excluding ortho intramolecular Hbond substituents is 1. The molecule has 0 spiro atoms. The first-order valence-corrected chi connectivity index (χ1v) is 6.48. The Hall–Kier alpha value is -1.59. The number of amides is 1. The summed E-state index contributed by atoms with van der Waals surface area (Å²) in [6.45, 7) is 3.02. The number of morpholine rings is 1. The van der Waals surface area contributed by atoms with E-state index < -0.39 is 0 Å². The van der Waals surface area contributed by atoms with E-state index in [9.17, 15) is 9.90 Å². The molecule has 1 heterocycles. The molecular formula is C14H20N2O3. The van der Waals surface area contributed by atoms with Gasteiger partial charge >= 0.3 is 0 Å². The Kier molecular flexibility index (Phi) is 4.76. The molecule has 5 nitrogen and oxygen atoms in total. The maximum Gasteiger partial charge on any atom is 0.224 e. The SMILES string of the molecule is CN1CCOC(CNC(=O)Cc2cccc(O)c2)C1. The second-order valence-corrected chi connectivity index (χ2v) is 4.91. The van der Waals surface area contributed by atoms with E-state index in [1.807, 2.05) is 13.1 Å². The molecule has 1 fully saturated rings. The third-order valence-corrected chi connectivity index (χ3v) is 3.14. The van der Waals surface area contributed by atoms with Crippen LogP contribution in [0, 0.1) is 0 Å². The van der Waals surface area contributed by atoms with Gasteiger partial charge in [-0.25, -0.2) is 0 Å². The number of nitrogens with one attached hydrogen (secondary N) is 1. The van der Waals surface area contributed by atoms with Crippen molar-refractivity contribution in [1.29, 1.82) is 0 Å².